The van der Waals surface area contributed by atoms with Gasteiger partial charge in [-0.3, -0.25) is 0 Å². The van der Waals surface area contributed by atoms with Crippen molar-refractivity contribution < 1.29 is 13.2 Å². The molecule has 2 rings (SSSR count). The van der Waals surface area contributed by atoms with E-state index in [-0.39, 0.29) is 11.8 Å². The third-order valence-electron chi connectivity index (χ3n) is 3.81. The zero-order chi connectivity index (χ0) is 19.2. The van der Waals surface area contributed by atoms with Crippen molar-refractivity contribution in [2.75, 3.05) is 14.1 Å². The molecule has 0 radical (unpaired) electrons. The Hall–Kier alpha value is -2.09. The second-order valence-electron chi connectivity index (χ2n) is 5.89. The molecule has 0 aliphatic heterocycles. The summed E-state index contributed by atoms with van der Waals surface area (Å²) in [4.78, 5) is 13.8. The molecule has 140 valence electrons. The highest BCUT2D eigenvalue weighted by Gasteiger charge is 2.12. The van der Waals surface area contributed by atoms with Crippen LogP contribution in [0.3, 0.4) is 0 Å². The van der Waals surface area contributed by atoms with E-state index < -0.39 is 10.0 Å². The van der Waals surface area contributed by atoms with Crippen LogP contribution in [0.2, 0.25) is 5.02 Å². The monoisotopic (exact) mass is 395 g/mol. The van der Waals surface area contributed by atoms with Crippen LogP contribution in [-0.2, 0) is 28.9 Å². The summed E-state index contributed by atoms with van der Waals surface area (Å²) in [6.07, 6.45) is 0. The van der Waals surface area contributed by atoms with Crippen LogP contribution < -0.4 is 10.0 Å². The minimum absolute atomic E-state index is 0.0995. The molecule has 0 saturated carbocycles. The molecule has 26 heavy (non-hydrogen) atoms. The summed E-state index contributed by atoms with van der Waals surface area (Å²) in [6, 6.07) is 14.3. The van der Waals surface area contributed by atoms with Gasteiger partial charge in [-0.15, -0.1) is 0 Å². The van der Waals surface area contributed by atoms with Gasteiger partial charge in [0.25, 0.3) is 0 Å². The minimum atomic E-state index is -3.33. The number of carbonyl (C=O) groups excluding carboxylic acids is 1. The molecule has 0 unspecified atom stereocenters. The summed E-state index contributed by atoms with van der Waals surface area (Å²) in [5.74, 6) is -0.0995. The molecular weight excluding hydrogens is 374 g/mol. The summed E-state index contributed by atoms with van der Waals surface area (Å²) in [5.41, 5.74) is 2.36. The number of hydrogen-bond acceptors (Lipinski definition) is 3. The Kier molecular flexibility index (Phi) is 7.02. The van der Waals surface area contributed by atoms with Crippen molar-refractivity contribution in [3.63, 3.8) is 0 Å². The average Bonchev–Trinajstić information content (AvgIpc) is 2.61. The van der Waals surface area contributed by atoms with E-state index in [0.717, 1.165) is 11.1 Å². The van der Waals surface area contributed by atoms with Gasteiger partial charge in [0.2, 0.25) is 10.0 Å². The maximum absolute atomic E-state index is 12.3. The molecular formula is C18H22ClN3O3S. The summed E-state index contributed by atoms with van der Waals surface area (Å²) >= 11 is 6.12. The molecule has 0 atom stereocenters. The summed E-state index contributed by atoms with van der Waals surface area (Å²) in [6.45, 7) is 0.699. The summed E-state index contributed by atoms with van der Waals surface area (Å²) < 4.78 is 25.6. The van der Waals surface area contributed by atoms with Crippen LogP contribution in [0, 0.1) is 0 Å². The molecule has 2 amide bonds. The zero-order valence-corrected chi connectivity index (χ0v) is 16.3. The predicted molar refractivity (Wildman–Crippen MR) is 103 cm³/mol. The Balaban J connectivity index is 1.93. The minimum Gasteiger partial charge on any atom is -0.334 e. The number of sulfonamides is 1. The number of nitrogens with one attached hydrogen (secondary N) is 2. The lowest BCUT2D eigenvalue weighted by Crippen LogP contribution is -2.36. The Labute approximate surface area is 159 Å². The van der Waals surface area contributed by atoms with E-state index in [0.29, 0.717) is 23.7 Å². The predicted octanol–water partition coefficient (Wildman–Crippen LogP) is 2.73. The van der Waals surface area contributed by atoms with Crippen LogP contribution in [0.5, 0.6) is 0 Å². The molecule has 2 N–H and O–H groups in total. The zero-order valence-electron chi connectivity index (χ0n) is 14.7. The van der Waals surface area contributed by atoms with Gasteiger partial charge in [0.15, 0.2) is 0 Å². The van der Waals surface area contributed by atoms with Crippen molar-refractivity contribution in [3.8, 4) is 0 Å². The maximum Gasteiger partial charge on any atom is 0.317 e. The van der Waals surface area contributed by atoms with Gasteiger partial charge in [-0.05, 0) is 29.8 Å². The number of carbonyl (C=O) groups is 1. The van der Waals surface area contributed by atoms with E-state index in [1.165, 1.54) is 11.9 Å². The topological polar surface area (TPSA) is 78.5 Å². The number of benzene rings is 2. The van der Waals surface area contributed by atoms with Gasteiger partial charge >= 0.3 is 6.03 Å². The summed E-state index contributed by atoms with van der Waals surface area (Å²) in [7, 11) is -0.259. The lowest BCUT2D eigenvalue weighted by Gasteiger charge is -2.19. The van der Waals surface area contributed by atoms with Gasteiger partial charge in [-0.1, -0.05) is 54.1 Å². The Bertz CT molecular complexity index is 871. The molecule has 8 heteroatoms. The van der Waals surface area contributed by atoms with E-state index >= 15 is 0 Å². The van der Waals surface area contributed by atoms with E-state index in [2.05, 4.69) is 10.0 Å². The highest BCUT2D eigenvalue weighted by molar-refractivity contribution is 7.88. The molecule has 2 aromatic rings. The smallest absolute Gasteiger partial charge is 0.317 e. The first-order valence-corrected chi connectivity index (χ1v) is 10.0. The summed E-state index contributed by atoms with van der Waals surface area (Å²) in [5, 5.41) is 3.44. The molecule has 2 aromatic carbocycles. The molecule has 0 aromatic heterocycles. The molecule has 0 bridgehead atoms. The normalized spacial score (nSPS) is 11.2. The van der Waals surface area contributed by atoms with Crippen molar-refractivity contribution >= 4 is 27.7 Å². The third kappa shape index (κ3) is 6.01. The van der Waals surface area contributed by atoms with Crippen LogP contribution in [0.25, 0.3) is 0 Å². The first-order chi connectivity index (χ1) is 12.3. The highest BCUT2D eigenvalue weighted by atomic mass is 35.5. The van der Waals surface area contributed by atoms with Gasteiger partial charge in [0, 0.05) is 25.2 Å². The number of rotatable bonds is 7. The van der Waals surface area contributed by atoms with Crippen molar-refractivity contribution in [1.82, 2.24) is 14.9 Å². The van der Waals surface area contributed by atoms with Crippen LogP contribution in [0.4, 0.5) is 4.79 Å². The fourth-order valence-electron chi connectivity index (χ4n) is 2.39. The molecule has 0 saturated heterocycles. The Morgan fingerprint density at radius 1 is 1.12 bits per heavy atom. The Morgan fingerprint density at radius 2 is 1.81 bits per heavy atom. The van der Waals surface area contributed by atoms with Crippen molar-refractivity contribution in [2.45, 2.75) is 18.8 Å². The van der Waals surface area contributed by atoms with E-state index in [4.69, 9.17) is 11.6 Å². The fourth-order valence-corrected chi connectivity index (χ4v) is 3.35. The van der Waals surface area contributed by atoms with Crippen LogP contribution in [-0.4, -0.2) is 33.4 Å². The largest absolute Gasteiger partial charge is 0.334 e. The molecule has 0 aliphatic carbocycles. The molecule has 0 spiro atoms. The lowest BCUT2D eigenvalue weighted by atomic mass is 10.1. The molecule has 6 nitrogen and oxygen atoms in total. The average molecular weight is 396 g/mol. The van der Waals surface area contributed by atoms with E-state index in [9.17, 15) is 13.2 Å². The number of hydrogen-bond donors (Lipinski definition) is 2. The van der Waals surface area contributed by atoms with Crippen molar-refractivity contribution in [2.24, 2.45) is 0 Å². The second kappa shape index (κ2) is 9.02. The van der Waals surface area contributed by atoms with Gasteiger partial charge in [0.1, 0.15) is 0 Å². The number of halogens is 1. The molecule has 0 heterocycles. The van der Waals surface area contributed by atoms with Crippen LogP contribution in [0.15, 0.2) is 48.5 Å². The van der Waals surface area contributed by atoms with Gasteiger partial charge < -0.3 is 10.2 Å². The SMILES string of the molecule is CNS(=O)(=O)Cc1cccc(CNC(=O)N(C)Cc2ccccc2Cl)c1. The van der Waals surface area contributed by atoms with E-state index in [1.807, 2.05) is 24.3 Å². The third-order valence-corrected chi connectivity index (χ3v) is 5.52. The first kappa shape index (κ1) is 20.2. The Morgan fingerprint density at radius 3 is 2.50 bits per heavy atom. The van der Waals surface area contributed by atoms with Crippen LogP contribution in [0.1, 0.15) is 16.7 Å². The first-order valence-electron chi connectivity index (χ1n) is 8.02. The fraction of sp³-hybridized carbons (Fsp3) is 0.278. The number of nitrogens with zero attached hydrogens (tertiary/aromatic N) is 1. The molecule has 0 fully saturated rings. The van der Waals surface area contributed by atoms with Crippen molar-refractivity contribution in [1.29, 1.82) is 0 Å². The number of urea groups is 1. The number of amides is 2. The maximum atomic E-state index is 12.3. The highest BCUT2D eigenvalue weighted by Crippen LogP contribution is 2.16. The molecule has 0 aliphatic rings. The standard InChI is InChI=1S/C18H22ClN3O3S/c1-20-26(24,25)13-15-7-5-6-14(10-15)11-21-18(23)22(2)12-16-8-3-4-9-17(16)19/h3-10,20H,11-13H2,1-2H3,(H,21,23). The second-order valence-corrected chi connectivity index (χ2v) is 8.22. The quantitative estimate of drug-likeness (QED) is 0.756. The van der Waals surface area contributed by atoms with Crippen LogP contribution >= 0.6 is 11.6 Å². The van der Waals surface area contributed by atoms with Crippen molar-refractivity contribution in [3.05, 3.63) is 70.2 Å². The van der Waals surface area contributed by atoms with Gasteiger partial charge in [-0.2, -0.15) is 0 Å². The van der Waals surface area contributed by atoms with E-state index in [1.54, 1.807) is 31.3 Å². The van der Waals surface area contributed by atoms with Gasteiger partial charge in [-0.25, -0.2) is 17.9 Å². The van der Waals surface area contributed by atoms with Gasteiger partial charge in [0.05, 0.1) is 5.75 Å². The lowest BCUT2D eigenvalue weighted by molar-refractivity contribution is 0.206.